The largest absolute Gasteiger partial charge is 0.364 e. The Morgan fingerprint density at radius 1 is 1.23 bits per heavy atom. The van der Waals surface area contributed by atoms with Crippen LogP contribution in [0.1, 0.15) is 13.8 Å². The fraction of sp³-hybridized carbons (Fsp3) is 0.400. The Morgan fingerprint density at radius 3 is 1.92 bits per heavy atom. The van der Waals surface area contributed by atoms with E-state index in [0.717, 1.165) is 0 Å². The van der Waals surface area contributed by atoms with Gasteiger partial charge in [0.2, 0.25) is 0 Å². The van der Waals surface area contributed by atoms with E-state index < -0.39 is 0 Å². The smallest absolute Gasteiger partial charge is 0.161 e. The third-order valence-corrected chi connectivity index (χ3v) is 1.68. The zero-order valence-electron chi connectivity index (χ0n) is 7.83. The number of nitrogens with zero attached hydrogens (tertiary/aromatic N) is 3. The van der Waals surface area contributed by atoms with E-state index in [1.54, 1.807) is 12.1 Å². The molecule has 0 aromatic carbocycles. The highest BCUT2D eigenvalue weighted by Crippen LogP contribution is 2.07. The van der Waals surface area contributed by atoms with Crippen LogP contribution in [-0.2, 0) is 0 Å². The Labute approximate surface area is 78.9 Å². The molecule has 0 radical (unpaired) electrons. The third-order valence-electron chi connectivity index (χ3n) is 1.68. The average Bonchev–Trinajstić information content (AvgIpc) is 2.18. The highest BCUT2D eigenvalue weighted by atomic mass is 15.1. The van der Waals surface area contributed by atoms with Crippen molar-refractivity contribution in [2.75, 3.05) is 13.1 Å². The van der Waals surface area contributed by atoms with Gasteiger partial charge in [0.05, 0.1) is 0 Å². The van der Waals surface area contributed by atoms with Gasteiger partial charge in [-0.2, -0.15) is 10.5 Å². The van der Waals surface area contributed by atoms with Crippen molar-refractivity contribution in [3.8, 4) is 24.5 Å². The van der Waals surface area contributed by atoms with Crippen LogP contribution in [0, 0.1) is 35.0 Å². The topological polar surface area (TPSA) is 50.8 Å². The van der Waals surface area contributed by atoms with Crippen LogP contribution >= 0.6 is 0 Å². The second-order valence-electron chi connectivity index (χ2n) is 2.26. The number of hydrogen-bond donors (Lipinski definition) is 0. The van der Waals surface area contributed by atoms with Crippen molar-refractivity contribution in [3.63, 3.8) is 0 Å². The molecule has 0 spiro atoms. The van der Waals surface area contributed by atoms with E-state index >= 15 is 0 Å². The summed E-state index contributed by atoms with van der Waals surface area (Å²) in [5, 5.41) is 17.2. The van der Waals surface area contributed by atoms with Gasteiger partial charge in [-0.1, -0.05) is 5.92 Å². The standard InChI is InChI=1S/C10H11N3/c1-4-10(9(7-11)8-12)13(5-2)6-3/h1H,5-6H2,2-3H3. The third kappa shape index (κ3) is 2.55. The molecule has 0 N–H and O–H groups in total. The summed E-state index contributed by atoms with van der Waals surface area (Å²) in [6.45, 7) is 5.24. The molecule has 13 heavy (non-hydrogen) atoms. The summed E-state index contributed by atoms with van der Waals surface area (Å²) < 4.78 is 0. The average molecular weight is 173 g/mol. The van der Waals surface area contributed by atoms with Crippen LogP contribution in [0.5, 0.6) is 0 Å². The first-order valence-electron chi connectivity index (χ1n) is 4.01. The molecule has 66 valence electrons. The van der Waals surface area contributed by atoms with Gasteiger partial charge >= 0.3 is 0 Å². The second kappa shape index (κ2) is 5.70. The molecule has 3 nitrogen and oxygen atoms in total. The molecule has 0 aliphatic rings. The lowest BCUT2D eigenvalue weighted by Crippen LogP contribution is -2.22. The summed E-state index contributed by atoms with van der Waals surface area (Å²) in [5.41, 5.74) is 0.390. The van der Waals surface area contributed by atoms with Gasteiger partial charge in [-0.25, -0.2) is 0 Å². The fourth-order valence-corrected chi connectivity index (χ4v) is 0.992. The van der Waals surface area contributed by atoms with Gasteiger partial charge in [0.1, 0.15) is 17.8 Å². The number of terminal acetylenes is 1. The summed E-state index contributed by atoms with van der Waals surface area (Å²) in [6, 6.07) is 3.57. The minimum atomic E-state index is 0.00574. The lowest BCUT2D eigenvalue weighted by Gasteiger charge is -2.19. The molecule has 0 amide bonds. The Balaban J connectivity index is 5.14. The van der Waals surface area contributed by atoms with E-state index in [9.17, 15) is 0 Å². The van der Waals surface area contributed by atoms with Crippen LogP contribution in [0.4, 0.5) is 0 Å². The van der Waals surface area contributed by atoms with E-state index in [2.05, 4.69) is 5.92 Å². The first-order valence-corrected chi connectivity index (χ1v) is 4.01. The first-order chi connectivity index (χ1) is 6.24. The quantitative estimate of drug-likeness (QED) is 0.477. The molecule has 0 heterocycles. The monoisotopic (exact) mass is 173 g/mol. The molecular formula is C10H11N3. The van der Waals surface area contributed by atoms with Gasteiger partial charge in [0, 0.05) is 13.1 Å². The maximum absolute atomic E-state index is 8.61. The highest BCUT2D eigenvalue weighted by Gasteiger charge is 2.08. The van der Waals surface area contributed by atoms with E-state index in [1.165, 1.54) is 0 Å². The number of rotatable bonds is 3. The lowest BCUT2D eigenvalue weighted by molar-refractivity contribution is 0.397. The SMILES string of the molecule is C#CC(=C(C#N)C#N)N(CC)CC. The summed E-state index contributed by atoms with van der Waals surface area (Å²) >= 11 is 0. The Hall–Kier alpha value is -1.92. The maximum atomic E-state index is 8.61. The zero-order chi connectivity index (χ0) is 10.3. The molecule has 0 rings (SSSR count). The van der Waals surface area contributed by atoms with Crippen molar-refractivity contribution >= 4 is 0 Å². The molecule has 0 atom stereocenters. The number of nitriles is 2. The van der Waals surface area contributed by atoms with Gasteiger partial charge in [0.25, 0.3) is 0 Å². The molecule has 0 saturated carbocycles. The molecular weight excluding hydrogens is 162 g/mol. The van der Waals surface area contributed by atoms with Gasteiger partial charge in [-0.3, -0.25) is 0 Å². The Bertz CT molecular complexity index is 300. The van der Waals surface area contributed by atoms with Crippen LogP contribution in [0.2, 0.25) is 0 Å². The lowest BCUT2D eigenvalue weighted by atomic mass is 10.2. The zero-order valence-corrected chi connectivity index (χ0v) is 7.83. The van der Waals surface area contributed by atoms with Crippen molar-refractivity contribution in [2.24, 2.45) is 0 Å². The first kappa shape index (κ1) is 11.1. The molecule has 0 saturated heterocycles. The number of hydrogen-bond acceptors (Lipinski definition) is 3. The van der Waals surface area contributed by atoms with E-state index in [4.69, 9.17) is 16.9 Å². The molecule has 0 fully saturated rings. The highest BCUT2D eigenvalue weighted by molar-refractivity contribution is 5.46. The molecule has 0 aliphatic carbocycles. The van der Waals surface area contributed by atoms with Crippen LogP contribution in [0.15, 0.2) is 11.3 Å². The fourth-order valence-electron chi connectivity index (χ4n) is 0.992. The summed E-state index contributed by atoms with van der Waals surface area (Å²) in [6.07, 6.45) is 5.23. The molecule has 0 unspecified atom stereocenters. The normalized spacial score (nSPS) is 7.62. The molecule has 0 aromatic rings. The van der Waals surface area contributed by atoms with Crippen LogP contribution in [0.3, 0.4) is 0 Å². The summed E-state index contributed by atoms with van der Waals surface area (Å²) in [7, 11) is 0. The summed E-state index contributed by atoms with van der Waals surface area (Å²) in [4.78, 5) is 1.81. The van der Waals surface area contributed by atoms with E-state index in [-0.39, 0.29) is 5.57 Å². The van der Waals surface area contributed by atoms with Gasteiger partial charge in [-0.05, 0) is 13.8 Å². The second-order valence-corrected chi connectivity index (χ2v) is 2.26. The van der Waals surface area contributed by atoms with Crippen LogP contribution in [0.25, 0.3) is 0 Å². The van der Waals surface area contributed by atoms with Crippen molar-refractivity contribution in [2.45, 2.75) is 13.8 Å². The Morgan fingerprint density at radius 2 is 1.69 bits per heavy atom. The van der Waals surface area contributed by atoms with Crippen LogP contribution < -0.4 is 0 Å². The summed E-state index contributed by atoms with van der Waals surface area (Å²) in [5.74, 6) is 2.37. The molecule has 0 aliphatic heterocycles. The van der Waals surface area contributed by atoms with E-state index in [1.807, 2.05) is 18.7 Å². The predicted octanol–water partition coefficient (Wildman–Crippen LogP) is 1.26. The maximum Gasteiger partial charge on any atom is 0.161 e. The van der Waals surface area contributed by atoms with Crippen LogP contribution in [-0.4, -0.2) is 18.0 Å². The molecule has 3 heteroatoms. The van der Waals surface area contributed by atoms with Gasteiger partial charge in [0.15, 0.2) is 5.57 Å². The van der Waals surface area contributed by atoms with Gasteiger partial charge < -0.3 is 4.90 Å². The van der Waals surface area contributed by atoms with E-state index in [0.29, 0.717) is 18.8 Å². The molecule has 0 aromatic heterocycles. The minimum Gasteiger partial charge on any atom is -0.364 e. The predicted molar refractivity (Wildman–Crippen MR) is 50.0 cm³/mol. The van der Waals surface area contributed by atoms with Gasteiger partial charge in [-0.15, -0.1) is 6.42 Å². The molecule has 0 bridgehead atoms. The minimum absolute atomic E-state index is 0.00574. The van der Waals surface area contributed by atoms with Crippen molar-refractivity contribution in [1.29, 1.82) is 10.5 Å². The van der Waals surface area contributed by atoms with Crippen molar-refractivity contribution in [3.05, 3.63) is 11.3 Å². The number of allylic oxidation sites excluding steroid dienone is 2. The van der Waals surface area contributed by atoms with Crippen molar-refractivity contribution in [1.82, 2.24) is 4.90 Å². The van der Waals surface area contributed by atoms with Crippen molar-refractivity contribution < 1.29 is 0 Å². The Kier molecular flexibility index (Phi) is 4.85.